The number of amides is 3. The molecule has 0 aliphatic carbocycles. The molecule has 1 fully saturated rings. The van der Waals surface area contributed by atoms with Crippen molar-refractivity contribution in [3.63, 3.8) is 0 Å². The van der Waals surface area contributed by atoms with Crippen LogP contribution in [0.15, 0.2) is 18.2 Å². The molecule has 1 aromatic rings. The molecule has 3 amide bonds. The zero-order valence-corrected chi connectivity index (χ0v) is 12.7. The average Bonchev–Trinajstić information content (AvgIpc) is 2.41. The third kappa shape index (κ3) is 4.12. The first-order valence-electron chi connectivity index (χ1n) is 6.29. The van der Waals surface area contributed by atoms with Gasteiger partial charge in [0.1, 0.15) is 0 Å². The Morgan fingerprint density at radius 3 is 2.86 bits per heavy atom. The third-order valence-electron chi connectivity index (χ3n) is 2.91. The molecule has 21 heavy (non-hydrogen) atoms. The molecular formula is C13H14ClN3O3S. The lowest BCUT2D eigenvalue weighted by Gasteiger charge is -2.23. The minimum absolute atomic E-state index is 0.0279. The van der Waals surface area contributed by atoms with Crippen LogP contribution in [-0.4, -0.2) is 34.3 Å². The number of thioether (sulfide) groups is 1. The Balaban J connectivity index is 1.90. The van der Waals surface area contributed by atoms with Gasteiger partial charge in [0.2, 0.25) is 11.8 Å². The van der Waals surface area contributed by atoms with Crippen molar-refractivity contribution in [2.24, 2.45) is 0 Å². The Bertz CT molecular complexity index is 578. The molecule has 8 heteroatoms. The van der Waals surface area contributed by atoms with Crippen molar-refractivity contribution in [2.45, 2.75) is 12.8 Å². The van der Waals surface area contributed by atoms with Crippen molar-refractivity contribution < 1.29 is 14.4 Å². The van der Waals surface area contributed by atoms with Gasteiger partial charge in [0, 0.05) is 30.2 Å². The number of hydrogen-bond acceptors (Lipinski definition) is 5. The van der Waals surface area contributed by atoms with Crippen molar-refractivity contribution in [3.05, 3.63) is 23.2 Å². The highest BCUT2D eigenvalue weighted by Gasteiger charge is 2.26. The lowest BCUT2D eigenvalue weighted by Crippen LogP contribution is -2.39. The van der Waals surface area contributed by atoms with E-state index in [2.05, 4.69) is 5.32 Å². The molecule has 0 atom stereocenters. The second-order valence-corrected chi connectivity index (χ2v) is 5.92. The van der Waals surface area contributed by atoms with Crippen LogP contribution in [0.1, 0.15) is 12.8 Å². The van der Waals surface area contributed by atoms with Gasteiger partial charge in [0.05, 0.1) is 11.4 Å². The molecule has 0 radical (unpaired) electrons. The molecule has 0 spiro atoms. The monoisotopic (exact) mass is 327 g/mol. The largest absolute Gasteiger partial charge is 0.397 e. The van der Waals surface area contributed by atoms with Crippen LogP contribution in [0.25, 0.3) is 0 Å². The van der Waals surface area contributed by atoms with Gasteiger partial charge in [-0.3, -0.25) is 19.3 Å². The van der Waals surface area contributed by atoms with E-state index < -0.39 is 0 Å². The van der Waals surface area contributed by atoms with E-state index in [0.29, 0.717) is 28.6 Å². The van der Waals surface area contributed by atoms with Crippen molar-refractivity contribution >= 4 is 51.8 Å². The normalized spacial score (nSPS) is 15.2. The summed E-state index contributed by atoms with van der Waals surface area (Å²) in [5.74, 6) is -0.0560. The number of benzene rings is 1. The van der Waals surface area contributed by atoms with Gasteiger partial charge in [-0.15, -0.1) is 0 Å². The fraction of sp³-hybridized carbons (Fsp3) is 0.308. The minimum atomic E-state index is -0.319. The molecular weight excluding hydrogens is 314 g/mol. The molecule has 1 aliphatic heterocycles. The minimum Gasteiger partial charge on any atom is -0.397 e. The number of rotatable bonds is 4. The number of nitrogens with zero attached hydrogens (tertiary/aromatic N) is 1. The van der Waals surface area contributed by atoms with E-state index in [1.807, 2.05) is 0 Å². The SMILES string of the molecule is Nc1cc(Cl)ccc1NC(=O)CCN1C(=O)CCSC1=O. The van der Waals surface area contributed by atoms with Gasteiger partial charge >= 0.3 is 0 Å². The summed E-state index contributed by atoms with van der Waals surface area (Å²) in [5.41, 5.74) is 6.54. The lowest BCUT2D eigenvalue weighted by atomic mass is 10.2. The number of anilines is 2. The summed E-state index contributed by atoms with van der Waals surface area (Å²) in [5, 5.41) is 2.81. The molecule has 1 aromatic carbocycles. The zero-order chi connectivity index (χ0) is 15.4. The van der Waals surface area contributed by atoms with Gasteiger partial charge in [-0.05, 0) is 18.2 Å². The quantitative estimate of drug-likeness (QED) is 0.828. The average molecular weight is 328 g/mol. The number of nitrogen functional groups attached to an aromatic ring is 1. The van der Waals surface area contributed by atoms with E-state index in [1.54, 1.807) is 12.1 Å². The van der Waals surface area contributed by atoms with Crippen LogP contribution < -0.4 is 11.1 Å². The van der Waals surface area contributed by atoms with Gasteiger partial charge in [-0.25, -0.2) is 0 Å². The van der Waals surface area contributed by atoms with Gasteiger partial charge in [-0.1, -0.05) is 23.4 Å². The van der Waals surface area contributed by atoms with Crippen molar-refractivity contribution in [1.82, 2.24) is 4.90 Å². The molecule has 2 rings (SSSR count). The van der Waals surface area contributed by atoms with Crippen LogP contribution in [0.3, 0.4) is 0 Å². The predicted octanol–water partition coefficient (Wildman–Crippen LogP) is 2.34. The standard InChI is InChI=1S/C13H14ClN3O3S/c14-8-1-2-10(9(15)7-8)16-11(18)3-5-17-12(19)4-6-21-13(17)20/h1-2,7H,3-6,15H2,(H,16,18). The number of carbonyl (C=O) groups is 3. The van der Waals surface area contributed by atoms with Crippen molar-refractivity contribution in [2.75, 3.05) is 23.3 Å². The number of imide groups is 1. The maximum atomic E-state index is 11.8. The first-order chi connectivity index (χ1) is 9.97. The number of nitrogens with one attached hydrogen (secondary N) is 1. The van der Waals surface area contributed by atoms with Gasteiger partial charge in [0.25, 0.3) is 5.24 Å². The number of hydrogen-bond donors (Lipinski definition) is 2. The van der Waals surface area contributed by atoms with E-state index in [9.17, 15) is 14.4 Å². The molecule has 0 aromatic heterocycles. The summed E-state index contributed by atoms with van der Waals surface area (Å²) < 4.78 is 0. The highest BCUT2D eigenvalue weighted by Crippen LogP contribution is 2.23. The van der Waals surface area contributed by atoms with Gasteiger partial charge < -0.3 is 11.1 Å². The fourth-order valence-electron chi connectivity index (χ4n) is 1.83. The van der Waals surface area contributed by atoms with Crippen molar-refractivity contribution in [1.29, 1.82) is 0 Å². The Hall–Kier alpha value is -1.73. The molecule has 6 nitrogen and oxygen atoms in total. The van der Waals surface area contributed by atoms with Crippen LogP contribution in [0.2, 0.25) is 5.02 Å². The molecule has 1 heterocycles. The molecule has 0 unspecified atom stereocenters. The second kappa shape index (κ2) is 6.82. The summed E-state index contributed by atoms with van der Waals surface area (Å²) >= 11 is 6.86. The van der Waals surface area contributed by atoms with E-state index in [4.69, 9.17) is 17.3 Å². The molecule has 0 bridgehead atoms. The van der Waals surface area contributed by atoms with Crippen LogP contribution in [0, 0.1) is 0 Å². The lowest BCUT2D eigenvalue weighted by molar-refractivity contribution is -0.128. The molecule has 0 saturated carbocycles. The van der Waals surface area contributed by atoms with E-state index >= 15 is 0 Å². The first-order valence-corrected chi connectivity index (χ1v) is 7.65. The Morgan fingerprint density at radius 1 is 1.43 bits per heavy atom. The van der Waals surface area contributed by atoms with E-state index in [-0.39, 0.29) is 30.0 Å². The Morgan fingerprint density at radius 2 is 2.19 bits per heavy atom. The smallest absolute Gasteiger partial charge is 0.288 e. The van der Waals surface area contributed by atoms with Crippen LogP contribution >= 0.6 is 23.4 Å². The van der Waals surface area contributed by atoms with Crippen LogP contribution in [0.5, 0.6) is 0 Å². The maximum absolute atomic E-state index is 11.8. The summed E-state index contributed by atoms with van der Waals surface area (Å²) in [6.45, 7) is 0.0734. The van der Waals surface area contributed by atoms with Crippen LogP contribution in [0.4, 0.5) is 16.2 Å². The number of nitrogens with two attached hydrogens (primary N) is 1. The predicted molar refractivity (Wildman–Crippen MR) is 83.3 cm³/mol. The highest BCUT2D eigenvalue weighted by molar-refractivity contribution is 8.13. The van der Waals surface area contributed by atoms with Crippen molar-refractivity contribution in [3.8, 4) is 0 Å². The number of carbonyl (C=O) groups excluding carboxylic acids is 3. The Kier molecular flexibility index (Phi) is 5.08. The van der Waals surface area contributed by atoms with Gasteiger partial charge in [0.15, 0.2) is 0 Å². The first kappa shape index (κ1) is 15.7. The summed E-state index contributed by atoms with van der Waals surface area (Å²) in [6, 6.07) is 4.75. The topological polar surface area (TPSA) is 92.5 Å². The highest BCUT2D eigenvalue weighted by atomic mass is 35.5. The molecule has 112 valence electrons. The van der Waals surface area contributed by atoms with Gasteiger partial charge in [-0.2, -0.15) is 0 Å². The zero-order valence-electron chi connectivity index (χ0n) is 11.1. The summed E-state index contributed by atoms with van der Waals surface area (Å²) in [4.78, 5) is 36.1. The van der Waals surface area contributed by atoms with E-state index in [0.717, 1.165) is 16.7 Å². The summed E-state index contributed by atoms with van der Waals surface area (Å²) in [7, 11) is 0. The maximum Gasteiger partial charge on any atom is 0.288 e. The second-order valence-electron chi connectivity index (χ2n) is 4.44. The molecule has 1 aliphatic rings. The molecule has 3 N–H and O–H groups in total. The third-order valence-corrected chi connectivity index (χ3v) is 4.02. The Labute approximate surface area is 131 Å². The number of halogens is 1. The summed E-state index contributed by atoms with van der Waals surface area (Å²) in [6.07, 6.45) is 0.349. The fourth-order valence-corrected chi connectivity index (χ4v) is 2.81. The molecule has 1 saturated heterocycles. The van der Waals surface area contributed by atoms with Crippen LogP contribution in [-0.2, 0) is 9.59 Å². The van der Waals surface area contributed by atoms with E-state index in [1.165, 1.54) is 6.07 Å².